The van der Waals surface area contributed by atoms with Gasteiger partial charge in [-0.05, 0) is 68.1 Å². The quantitative estimate of drug-likeness (QED) is 0.728. The van der Waals surface area contributed by atoms with Gasteiger partial charge in [0, 0.05) is 12.6 Å². The predicted molar refractivity (Wildman–Crippen MR) is 107 cm³/mol. The summed E-state index contributed by atoms with van der Waals surface area (Å²) >= 11 is 0. The van der Waals surface area contributed by atoms with Crippen molar-refractivity contribution in [2.24, 2.45) is 5.10 Å². The van der Waals surface area contributed by atoms with Gasteiger partial charge in [0.2, 0.25) is 0 Å². The van der Waals surface area contributed by atoms with Crippen LogP contribution in [0.15, 0.2) is 53.6 Å². The minimum atomic E-state index is 0.740. The molecule has 1 fully saturated rings. The van der Waals surface area contributed by atoms with Gasteiger partial charge in [-0.1, -0.05) is 24.3 Å². The van der Waals surface area contributed by atoms with E-state index in [0.717, 1.165) is 43.6 Å². The van der Waals surface area contributed by atoms with Crippen LogP contribution in [0.2, 0.25) is 0 Å². The number of fused-ring (bicyclic) bond motifs is 1. The molecule has 0 radical (unpaired) electrons. The number of anilines is 1. The fraction of sp³-hybridized carbons (Fsp3) is 0.409. The minimum absolute atomic E-state index is 0.740. The molecule has 1 atom stereocenters. The lowest BCUT2D eigenvalue weighted by Gasteiger charge is -2.24. The normalized spacial score (nSPS) is 19.6. The molecule has 0 bridgehead atoms. The molecule has 2 aromatic rings. The van der Waals surface area contributed by atoms with Gasteiger partial charge in [0.15, 0.2) is 0 Å². The SMILES string of the molecule is C[C@@H]1CCCN1CCCOc1ccc(N2Cc3ccccc3C=N2)cc1. The lowest BCUT2D eigenvalue weighted by molar-refractivity contribution is 0.230. The van der Waals surface area contributed by atoms with Crippen molar-refractivity contribution < 1.29 is 4.74 Å². The van der Waals surface area contributed by atoms with Gasteiger partial charge in [-0.3, -0.25) is 5.01 Å². The van der Waals surface area contributed by atoms with E-state index in [4.69, 9.17) is 4.74 Å². The van der Waals surface area contributed by atoms with E-state index in [0.29, 0.717) is 0 Å². The van der Waals surface area contributed by atoms with E-state index in [1.165, 1.54) is 30.5 Å². The molecule has 0 spiro atoms. The molecule has 2 aliphatic rings. The molecule has 0 amide bonds. The number of hydrazone groups is 1. The van der Waals surface area contributed by atoms with E-state index in [2.05, 4.69) is 53.3 Å². The van der Waals surface area contributed by atoms with E-state index in [9.17, 15) is 0 Å². The Bertz CT molecular complexity index is 756. The van der Waals surface area contributed by atoms with Crippen LogP contribution < -0.4 is 9.75 Å². The highest BCUT2D eigenvalue weighted by molar-refractivity contribution is 5.84. The van der Waals surface area contributed by atoms with Gasteiger partial charge in [0.1, 0.15) is 5.75 Å². The van der Waals surface area contributed by atoms with Gasteiger partial charge < -0.3 is 9.64 Å². The second kappa shape index (κ2) is 7.92. The van der Waals surface area contributed by atoms with Crippen LogP contribution in [0.4, 0.5) is 5.69 Å². The molecule has 4 nitrogen and oxygen atoms in total. The second-order valence-corrected chi connectivity index (χ2v) is 7.22. The van der Waals surface area contributed by atoms with Gasteiger partial charge in [-0.15, -0.1) is 0 Å². The van der Waals surface area contributed by atoms with E-state index in [-0.39, 0.29) is 0 Å². The number of likely N-dealkylation sites (tertiary alicyclic amines) is 1. The third kappa shape index (κ3) is 3.91. The third-order valence-corrected chi connectivity index (χ3v) is 5.40. The molecule has 4 rings (SSSR count). The van der Waals surface area contributed by atoms with Crippen LogP contribution in [-0.4, -0.2) is 36.9 Å². The predicted octanol–water partition coefficient (Wildman–Crippen LogP) is 4.29. The summed E-state index contributed by atoms with van der Waals surface area (Å²) in [6.07, 6.45) is 5.70. The summed E-state index contributed by atoms with van der Waals surface area (Å²) in [6, 6.07) is 17.4. The number of nitrogens with zero attached hydrogens (tertiary/aromatic N) is 3. The molecule has 0 aromatic heterocycles. The van der Waals surface area contributed by atoms with Crippen LogP contribution in [0, 0.1) is 0 Å². The maximum absolute atomic E-state index is 5.92. The Labute approximate surface area is 156 Å². The van der Waals surface area contributed by atoms with E-state index in [1.54, 1.807) is 0 Å². The topological polar surface area (TPSA) is 28.1 Å². The lowest BCUT2D eigenvalue weighted by atomic mass is 10.1. The first-order valence-electron chi connectivity index (χ1n) is 9.66. The maximum Gasteiger partial charge on any atom is 0.119 e. The van der Waals surface area contributed by atoms with Crippen molar-refractivity contribution in [1.82, 2.24) is 4.90 Å². The van der Waals surface area contributed by atoms with Crippen LogP contribution in [0.3, 0.4) is 0 Å². The van der Waals surface area contributed by atoms with Crippen LogP contribution in [0.1, 0.15) is 37.3 Å². The molecule has 0 saturated carbocycles. The largest absolute Gasteiger partial charge is 0.494 e. The first-order chi connectivity index (χ1) is 12.8. The molecule has 136 valence electrons. The van der Waals surface area contributed by atoms with E-state index >= 15 is 0 Å². The molecular weight excluding hydrogens is 322 g/mol. The highest BCUT2D eigenvalue weighted by Crippen LogP contribution is 2.25. The van der Waals surface area contributed by atoms with E-state index < -0.39 is 0 Å². The fourth-order valence-corrected chi connectivity index (χ4v) is 3.79. The van der Waals surface area contributed by atoms with Crippen molar-refractivity contribution >= 4 is 11.9 Å². The summed E-state index contributed by atoms with van der Waals surface area (Å²) < 4.78 is 5.92. The molecule has 2 aromatic carbocycles. The molecule has 2 aliphatic heterocycles. The summed E-state index contributed by atoms with van der Waals surface area (Å²) in [6.45, 7) is 6.29. The summed E-state index contributed by atoms with van der Waals surface area (Å²) in [7, 11) is 0. The molecule has 1 saturated heterocycles. The summed E-state index contributed by atoms with van der Waals surface area (Å²) in [5.74, 6) is 0.935. The number of ether oxygens (including phenoxy) is 1. The molecule has 0 aliphatic carbocycles. The van der Waals surface area contributed by atoms with Crippen LogP contribution in [0.25, 0.3) is 0 Å². The number of hydrogen-bond donors (Lipinski definition) is 0. The van der Waals surface area contributed by atoms with Gasteiger partial charge >= 0.3 is 0 Å². The minimum Gasteiger partial charge on any atom is -0.494 e. The molecule has 0 unspecified atom stereocenters. The summed E-state index contributed by atoms with van der Waals surface area (Å²) in [5.41, 5.74) is 3.60. The van der Waals surface area contributed by atoms with Crippen molar-refractivity contribution in [2.75, 3.05) is 24.7 Å². The van der Waals surface area contributed by atoms with Crippen molar-refractivity contribution in [3.05, 3.63) is 59.7 Å². The average molecular weight is 349 g/mol. The lowest BCUT2D eigenvalue weighted by Crippen LogP contribution is -2.28. The Morgan fingerprint density at radius 2 is 1.96 bits per heavy atom. The van der Waals surface area contributed by atoms with Crippen molar-refractivity contribution in [2.45, 2.75) is 38.8 Å². The fourth-order valence-electron chi connectivity index (χ4n) is 3.79. The van der Waals surface area contributed by atoms with E-state index in [1.807, 2.05) is 23.4 Å². The zero-order chi connectivity index (χ0) is 17.8. The molecular formula is C22H27N3O. The van der Waals surface area contributed by atoms with Crippen molar-refractivity contribution in [1.29, 1.82) is 0 Å². The Morgan fingerprint density at radius 1 is 1.12 bits per heavy atom. The Kier molecular flexibility index (Phi) is 5.21. The molecule has 0 N–H and O–H groups in total. The average Bonchev–Trinajstić information content (AvgIpc) is 3.10. The summed E-state index contributed by atoms with van der Waals surface area (Å²) in [4.78, 5) is 2.57. The summed E-state index contributed by atoms with van der Waals surface area (Å²) in [5, 5.41) is 6.59. The van der Waals surface area contributed by atoms with Gasteiger partial charge in [-0.25, -0.2) is 0 Å². The second-order valence-electron chi connectivity index (χ2n) is 7.22. The molecule has 2 heterocycles. The molecule has 4 heteroatoms. The Morgan fingerprint density at radius 3 is 2.77 bits per heavy atom. The smallest absolute Gasteiger partial charge is 0.119 e. The van der Waals surface area contributed by atoms with Crippen molar-refractivity contribution in [3.8, 4) is 5.75 Å². The maximum atomic E-state index is 5.92. The van der Waals surface area contributed by atoms with Gasteiger partial charge in [0.05, 0.1) is 25.1 Å². The highest BCUT2D eigenvalue weighted by atomic mass is 16.5. The zero-order valence-corrected chi connectivity index (χ0v) is 15.5. The number of hydrogen-bond acceptors (Lipinski definition) is 4. The Balaban J connectivity index is 1.27. The van der Waals surface area contributed by atoms with Crippen LogP contribution >= 0.6 is 0 Å². The first-order valence-corrected chi connectivity index (χ1v) is 9.66. The first kappa shape index (κ1) is 17.1. The van der Waals surface area contributed by atoms with Gasteiger partial charge in [0.25, 0.3) is 0 Å². The zero-order valence-electron chi connectivity index (χ0n) is 15.5. The molecule has 26 heavy (non-hydrogen) atoms. The Hall–Kier alpha value is -2.33. The van der Waals surface area contributed by atoms with Crippen LogP contribution in [0.5, 0.6) is 5.75 Å². The van der Waals surface area contributed by atoms with Gasteiger partial charge in [-0.2, -0.15) is 5.10 Å². The third-order valence-electron chi connectivity index (χ3n) is 5.40. The standard InChI is InChI=1S/C22H27N3O/c1-18-6-4-13-24(18)14-5-15-26-22-11-9-21(10-12-22)25-17-20-8-3-2-7-19(20)16-23-25/h2-3,7-12,16,18H,4-6,13-15,17H2,1H3/t18-/m1/s1. The van der Waals surface area contributed by atoms with Crippen LogP contribution in [-0.2, 0) is 6.54 Å². The van der Waals surface area contributed by atoms with Crippen molar-refractivity contribution in [3.63, 3.8) is 0 Å². The number of rotatable bonds is 6. The highest BCUT2D eigenvalue weighted by Gasteiger charge is 2.19. The number of benzene rings is 2. The monoisotopic (exact) mass is 349 g/mol.